The van der Waals surface area contributed by atoms with Crippen molar-refractivity contribution in [2.75, 3.05) is 6.54 Å². The van der Waals surface area contributed by atoms with E-state index in [1.54, 1.807) is 39.0 Å². The van der Waals surface area contributed by atoms with E-state index in [1.807, 2.05) is 0 Å². The fourth-order valence-electron chi connectivity index (χ4n) is 3.25. The first-order valence-electron chi connectivity index (χ1n) is 9.53. The highest BCUT2D eigenvalue weighted by atomic mass is 79.9. The van der Waals surface area contributed by atoms with Crippen molar-refractivity contribution in [3.05, 3.63) is 27.7 Å². The molecule has 1 N–H and O–H groups in total. The Morgan fingerprint density at radius 3 is 2.60 bits per heavy atom. The maximum absolute atomic E-state index is 13.2. The van der Waals surface area contributed by atoms with Gasteiger partial charge < -0.3 is 10.1 Å². The Morgan fingerprint density at radius 2 is 2.07 bits per heavy atom. The van der Waals surface area contributed by atoms with E-state index in [4.69, 9.17) is 16.3 Å². The summed E-state index contributed by atoms with van der Waals surface area (Å²) in [4.78, 5) is 27.4. The monoisotopic (exact) mass is 515 g/mol. The minimum absolute atomic E-state index is 0.0888. The molecule has 162 valence electrons. The molecule has 0 aromatic heterocycles. The highest BCUT2D eigenvalue weighted by Gasteiger charge is 2.49. The molecule has 3 rings (SSSR count). The fourth-order valence-corrected chi connectivity index (χ4v) is 5.62. The molecule has 1 aromatic carbocycles. The van der Waals surface area contributed by atoms with Crippen LogP contribution in [0.4, 0.5) is 4.79 Å². The summed E-state index contributed by atoms with van der Waals surface area (Å²) in [5, 5.41) is 11.9. The molecule has 2 fully saturated rings. The zero-order valence-electron chi connectivity index (χ0n) is 16.9. The van der Waals surface area contributed by atoms with Gasteiger partial charge in [-0.3, -0.25) is 13.9 Å². The van der Waals surface area contributed by atoms with Gasteiger partial charge in [-0.05, 0) is 58.2 Å². The van der Waals surface area contributed by atoms with Gasteiger partial charge in [0.25, 0.3) is 0 Å². The molecule has 1 heterocycles. The summed E-state index contributed by atoms with van der Waals surface area (Å²) >= 11 is 9.58. The summed E-state index contributed by atoms with van der Waals surface area (Å²) in [6.45, 7) is 5.30. The van der Waals surface area contributed by atoms with Crippen LogP contribution in [-0.2, 0) is 20.3 Å². The van der Waals surface area contributed by atoms with E-state index in [1.165, 1.54) is 4.90 Å². The van der Waals surface area contributed by atoms with Gasteiger partial charge in [-0.2, -0.15) is 5.26 Å². The fraction of sp³-hybridized carbons (Fsp3) is 0.550. The molecule has 1 aliphatic heterocycles. The molecule has 2 aliphatic rings. The van der Waals surface area contributed by atoms with Crippen molar-refractivity contribution in [1.29, 1.82) is 5.26 Å². The number of rotatable bonds is 4. The molecule has 2 amide bonds. The van der Waals surface area contributed by atoms with Crippen molar-refractivity contribution in [1.82, 2.24) is 10.2 Å². The summed E-state index contributed by atoms with van der Waals surface area (Å²) in [6, 6.07) is 6.32. The third-order valence-corrected chi connectivity index (χ3v) is 7.59. The van der Waals surface area contributed by atoms with Gasteiger partial charge >= 0.3 is 6.09 Å². The molecule has 10 heteroatoms. The van der Waals surface area contributed by atoms with E-state index in [0.717, 1.165) is 4.47 Å². The quantitative estimate of drug-likeness (QED) is 0.657. The number of hydrogen-bond acceptors (Lipinski definition) is 5. The molecular formula is C20H23BrClN3O4S. The van der Waals surface area contributed by atoms with Crippen LogP contribution in [0.3, 0.4) is 0 Å². The largest absolute Gasteiger partial charge is 0.444 e. The Balaban J connectivity index is 1.83. The maximum Gasteiger partial charge on any atom is 0.411 e. The lowest BCUT2D eigenvalue weighted by Gasteiger charge is -2.28. The topological polar surface area (TPSA) is 99.5 Å². The van der Waals surface area contributed by atoms with E-state index in [-0.39, 0.29) is 13.0 Å². The predicted octanol–water partition coefficient (Wildman–Crippen LogP) is 3.76. The number of nitriles is 1. The van der Waals surface area contributed by atoms with Crippen molar-refractivity contribution in [2.45, 2.75) is 67.4 Å². The molecule has 1 saturated heterocycles. The molecule has 30 heavy (non-hydrogen) atoms. The predicted molar refractivity (Wildman–Crippen MR) is 116 cm³/mol. The first kappa shape index (κ1) is 23.0. The van der Waals surface area contributed by atoms with Gasteiger partial charge in [0.15, 0.2) is 0 Å². The number of ether oxygens (including phenoxy) is 1. The second-order valence-corrected chi connectivity index (χ2v) is 11.6. The number of carbonyl (C=O) groups excluding carboxylic acids is 2. The number of carbonyl (C=O) groups is 2. The molecule has 1 aromatic rings. The van der Waals surface area contributed by atoms with Crippen molar-refractivity contribution < 1.29 is 18.5 Å². The third-order valence-electron chi connectivity index (χ3n) is 4.93. The molecule has 3 unspecified atom stereocenters. The highest BCUT2D eigenvalue weighted by Crippen LogP contribution is 2.36. The van der Waals surface area contributed by atoms with Crippen molar-refractivity contribution in [3.8, 4) is 6.07 Å². The lowest BCUT2D eigenvalue weighted by molar-refractivity contribution is -0.126. The van der Waals surface area contributed by atoms with Crippen LogP contribution < -0.4 is 5.32 Å². The first-order valence-corrected chi connectivity index (χ1v) is 11.9. The average Bonchev–Trinajstić information content (AvgIpc) is 3.26. The number of nitrogens with zero attached hydrogens (tertiary/aromatic N) is 2. The summed E-state index contributed by atoms with van der Waals surface area (Å²) in [6.07, 6.45) is 0.702. The summed E-state index contributed by atoms with van der Waals surface area (Å²) in [5.41, 5.74) is -1.60. The van der Waals surface area contributed by atoms with Gasteiger partial charge in [0, 0.05) is 11.0 Å². The molecule has 0 bridgehead atoms. The van der Waals surface area contributed by atoms with Gasteiger partial charge in [0.2, 0.25) is 5.91 Å². The van der Waals surface area contributed by atoms with E-state index >= 15 is 0 Å². The van der Waals surface area contributed by atoms with Crippen LogP contribution in [0.5, 0.6) is 0 Å². The van der Waals surface area contributed by atoms with Crippen LogP contribution in [0.1, 0.15) is 40.0 Å². The molecule has 1 saturated carbocycles. The van der Waals surface area contributed by atoms with Crippen LogP contribution in [0.2, 0.25) is 5.02 Å². The maximum atomic E-state index is 13.2. The average molecular weight is 517 g/mol. The summed E-state index contributed by atoms with van der Waals surface area (Å²) in [5.74, 6) is -0.429. The number of halogens is 2. The minimum Gasteiger partial charge on any atom is -0.444 e. The van der Waals surface area contributed by atoms with E-state index < -0.39 is 45.2 Å². The number of likely N-dealkylation sites (tertiary alicyclic amines) is 1. The molecule has 0 radical (unpaired) electrons. The number of nitrogens with one attached hydrogen (secondary N) is 1. The lowest BCUT2D eigenvalue weighted by Crippen LogP contribution is -2.50. The molecular weight excluding hydrogens is 494 g/mol. The van der Waals surface area contributed by atoms with Crippen molar-refractivity contribution >= 4 is 50.3 Å². The minimum atomic E-state index is -1.53. The number of benzene rings is 1. The van der Waals surface area contributed by atoms with Gasteiger partial charge in [-0.25, -0.2) is 4.79 Å². The normalized spacial score (nSPS) is 23.4. The third kappa shape index (κ3) is 5.16. The Bertz CT molecular complexity index is 939. The van der Waals surface area contributed by atoms with Crippen LogP contribution in [0, 0.1) is 11.3 Å². The molecule has 1 aliphatic carbocycles. The van der Waals surface area contributed by atoms with Gasteiger partial charge in [-0.15, -0.1) is 0 Å². The second-order valence-electron chi connectivity index (χ2n) is 8.56. The zero-order chi connectivity index (χ0) is 22.3. The molecule has 3 atom stereocenters. The molecule has 7 nitrogen and oxygen atoms in total. The van der Waals surface area contributed by atoms with E-state index in [9.17, 15) is 19.1 Å². The number of hydrogen-bond donors (Lipinski definition) is 1. The van der Waals surface area contributed by atoms with Crippen LogP contribution >= 0.6 is 27.5 Å². The van der Waals surface area contributed by atoms with Gasteiger partial charge in [0.05, 0.1) is 32.0 Å². The van der Waals surface area contributed by atoms with Crippen LogP contribution in [0.25, 0.3) is 0 Å². The number of amides is 2. The van der Waals surface area contributed by atoms with Crippen molar-refractivity contribution in [3.63, 3.8) is 0 Å². The smallest absolute Gasteiger partial charge is 0.411 e. The van der Waals surface area contributed by atoms with Crippen molar-refractivity contribution in [2.24, 2.45) is 0 Å². The summed E-state index contributed by atoms with van der Waals surface area (Å²) in [7, 11) is -1.53. The summed E-state index contributed by atoms with van der Waals surface area (Å²) < 4.78 is 19.4. The van der Waals surface area contributed by atoms with E-state index in [0.29, 0.717) is 22.8 Å². The Morgan fingerprint density at radius 1 is 1.40 bits per heavy atom. The van der Waals surface area contributed by atoms with Crippen LogP contribution in [-0.4, -0.2) is 50.1 Å². The lowest BCUT2D eigenvalue weighted by atomic mass is 10.2. The standard InChI is InChI=1S/C20H23BrClN3O4S/c1-19(2,3)29-18(27)25-10-13(30(28)16-5-4-12(21)8-14(16)22)9-15(25)17(26)24-20(11-23)6-7-20/h4-5,8,13,15H,6-7,9-10H2,1-3H3,(H,24,26). The Kier molecular flexibility index (Phi) is 6.51. The van der Waals surface area contributed by atoms with Gasteiger partial charge in [-0.1, -0.05) is 27.5 Å². The SMILES string of the molecule is CC(C)(C)OC(=O)N1CC(S(=O)c2ccc(Br)cc2Cl)CC1C(=O)NC1(C#N)CC1. The highest BCUT2D eigenvalue weighted by molar-refractivity contribution is 9.10. The second kappa shape index (κ2) is 8.48. The van der Waals surface area contributed by atoms with Crippen LogP contribution in [0.15, 0.2) is 27.6 Å². The Labute approximate surface area is 191 Å². The molecule has 0 spiro atoms. The zero-order valence-corrected chi connectivity index (χ0v) is 20.1. The van der Waals surface area contributed by atoms with Gasteiger partial charge in [0.1, 0.15) is 17.2 Å². The Hall–Kier alpha value is -1.63. The van der Waals surface area contributed by atoms with E-state index in [2.05, 4.69) is 27.3 Å². The first-order chi connectivity index (χ1) is 13.9.